The topological polar surface area (TPSA) is 56.9 Å². The molecule has 0 radical (unpaired) electrons. The number of benzene rings is 1. The third kappa shape index (κ3) is 2.82. The second-order valence-electron chi connectivity index (χ2n) is 5.36. The van der Waals surface area contributed by atoms with E-state index in [0.29, 0.717) is 5.56 Å². The Labute approximate surface area is 133 Å². The molecular weight excluding hydrogens is 323 g/mol. The zero-order valence-corrected chi connectivity index (χ0v) is 12.5. The van der Waals surface area contributed by atoms with Crippen LogP contribution < -0.4 is 11.1 Å². The molecule has 5 nitrogen and oxygen atoms in total. The van der Waals surface area contributed by atoms with Crippen LogP contribution in [0.1, 0.15) is 11.1 Å². The van der Waals surface area contributed by atoms with E-state index in [-0.39, 0.29) is 23.0 Å². The molecule has 2 aromatic heterocycles. The number of hydrogen-bond donors (Lipinski definition) is 0. The molecular formula is C16H12F3N3O2. The molecule has 0 amide bonds. The molecule has 0 spiro atoms. The van der Waals surface area contributed by atoms with Gasteiger partial charge in [0, 0.05) is 19.3 Å². The summed E-state index contributed by atoms with van der Waals surface area (Å²) in [5, 5.41) is -0.115. The summed E-state index contributed by atoms with van der Waals surface area (Å²) in [5.41, 5.74) is -1.60. The maximum atomic E-state index is 13.0. The van der Waals surface area contributed by atoms with Gasteiger partial charge in [-0.1, -0.05) is 6.07 Å². The van der Waals surface area contributed by atoms with Gasteiger partial charge < -0.3 is 4.57 Å². The Morgan fingerprint density at radius 1 is 1.17 bits per heavy atom. The van der Waals surface area contributed by atoms with Crippen molar-refractivity contribution in [2.24, 2.45) is 7.05 Å². The highest BCUT2D eigenvalue weighted by Crippen LogP contribution is 2.32. The van der Waals surface area contributed by atoms with Crippen LogP contribution in [0.5, 0.6) is 0 Å². The Bertz CT molecular complexity index is 1040. The predicted octanol–water partition coefficient (Wildman–Crippen LogP) is 2.16. The van der Waals surface area contributed by atoms with Crippen molar-refractivity contribution in [3.63, 3.8) is 0 Å². The highest BCUT2D eigenvalue weighted by Gasteiger charge is 2.33. The highest BCUT2D eigenvalue weighted by molar-refractivity contribution is 5.81. The van der Waals surface area contributed by atoms with Gasteiger partial charge in [-0.15, -0.1) is 0 Å². The number of pyridine rings is 1. The first kappa shape index (κ1) is 16.0. The van der Waals surface area contributed by atoms with Gasteiger partial charge in [-0.2, -0.15) is 13.2 Å². The van der Waals surface area contributed by atoms with Gasteiger partial charge in [-0.05, 0) is 23.8 Å². The van der Waals surface area contributed by atoms with Gasteiger partial charge in [-0.3, -0.25) is 14.2 Å². The minimum atomic E-state index is -4.59. The Kier molecular flexibility index (Phi) is 3.75. The molecule has 2 heterocycles. The Balaban J connectivity index is 2.11. The molecule has 24 heavy (non-hydrogen) atoms. The van der Waals surface area contributed by atoms with Crippen LogP contribution in [0.25, 0.3) is 10.9 Å². The quantitative estimate of drug-likeness (QED) is 0.721. The molecule has 0 atom stereocenters. The van der Waals surface area contributed by atoms with Crippen LogP contribution in [-0.2, 0) is 19.8 Å². The van der Waals surface area contributed by atoms with E-state index < -0.39 is 17.3 Å². The van der Waals surface area contributed by atoms with E-state index in [1.165, 1.54) is 27.3 Å². The molecule has 0 fully saturated rings. The molecule has 0 bridgehead atoms. The van der Waals surface area contributed by atoms with Gasteiger partial charge in [0.15, 0.2) is 0 Å². The number of aromatic nitrogens is 3. The fraction of sp³-hybridized carbons (Fsp3) is 0.188. The fourth-order valence-corrected chi connectivity index (χ4v) is 2.42. The number of para-hydroxylation sites is 1. The van der Waals surface area contributed by atoms with E-state index >= 15 is 0 Å². The average Bonchev–Trinajstić information content (AvgIpc) is 2.52. The lowest BCUT2D eigenvalue weighted by atomic mass is 10.1. The summed E-state index contributed by atoms with van der Waals surface area (Å²) in [6, 6.07) is 6.39. The summed E-state index contributed by atoms with van der Waals surface area (Å²) in [5.74, 6) is 0. The summed E-state index contributed by atoms with van der Waals surface area (Å²) in [7, 11) is 1.59. The van der Waals surface area contributed by atoms with Crippen LogP contribution in [-0.4, -0.2) is 14.1 Å². The van der Waals surface area contributed by atoms with Crippen molar-refractivity contribution >= 4 is 10.9 Å². The molecule has 8 heteroatoms. The van der Waals surface area contributed by atoms with Gasteiger partial charge in [0.2, 0.25) is 0 Å². The first-order valence-electron chi connectivity index (χ1n) is 6.98. The Hall–Kier alpha value is -2.90. The third-order valence-corrected chi connectivity index (χ3v) is 3.68. The Morgan fingerprint density at radius 3 is 2.58 bits per heavy atom. The van der Waals surface area contributed by atoms with E-state index in [0.717, 1.165) is 12.4 Å². The molecule has 0 saturated carbocycles. The van der Waals surface area contributed by atoms with Crippen molar-refractivity contribution in [2.45, 2.75) is 12.7 Å². The second-order valence-corrected chi connectivity index (χ2v) is 5.36. The van der Waals surface area contributed by atoms with Crippen LogP contribution in [0.15, 0.2) is 52.4 Å². The SMILES string of the molecule is Cn1ccc(Cn2cnc3c(C(F)(F)F)cccc3c2=O)cc1=O. The number of alkyl halides is 3. The number of halogens is 3. The number of nitrogens with zero attached hydrogens (tertiary/aromatic N) is 3. The van der Waals surface area contributed by atoms with Crippen LogP contribution >= 0.6 is 0 Å². The third-order valence-electron chi connectivity index (χ3n) is 3.68. The van der Waals surface area contributed by atoms with E-state index in [4.69, 9.17) is 0 Å². The second kappa shape index (κ2) is 5.63. The van der Waals surface area contributed by atoms with Gasteiger partial charge >= 0.3 is 6.18 Å². The molecule has 124 valence electrons. The van der Waals surface area contributed by atoms with Crippen molar-refractivity contribution in [2.75, 3.05) is 0 Å². The smallest absolute Gasteiger partial charge is 0.319 e. The minimum Gasteiger partial charge on any atom is -0.319 e. The normalized spacial score (nSPS) is 11.8. The van der Waals surface area contributed by atoms with Crippen LogP contribution in [0.3, 0.4) is 0 Å². The van der Waals surface area contributed by atoms with Crippen molar-refractivity contribution < 1.29 is 13.2 Å². The lowest BCUT2D eigenvalue weighted by Crippen LogP contribution is -2.23. The zero-order valence-electron chi connectivity index (χ0n) is 12.5. The van der Waals surface area contributed by atoms with Gasteiger partial charge in [0.05, 0.1) is 29.3 Å². The number of fused-ring (bicyclic) bond motifs is 1. The molecule has 1 aromatic carbocycles. The zero-order chi connectivity index (χ0) is 17.5. The highest BCUT2D eigenvalue weighted by atomic mass is 19.4. The fourth-order valence-electron chi connectivity index (χ4n) is 2.42. The van der Waals surface area contributed by atoms with Crippen LogP contribution in [0, 0.1) is 0 Å². The molecule has 3 aromatic rings. The minimum absolute atomic E-state index is 0.0497. The van der Waals surface area contributed by atoms with Crippen LogP contribution in [0.4, 0.5) is 13.2 Å². The van der Waals surface area contributed by atoms with Crippen LogP contribution in [0.2, 0.25) is 0 Å². The first-order chi connectivity index (χ1) is 11.3. The molecule has 0 N–H and O–H groups in total. The number of aryl methyl sites for hydroxylation is 1. The van der Waals surface area contributed by atoms with Gasteiger partial charge in [0.1, 0.15) is 0 Å². The number of rotatable bonds is 2. The monoisotopic (exact) mass is 335 g/mol. The summed E-state index contributed by atoms with van der Waals surface area (Å²) in [6.07, 6.45) is -1.97. The largest absolute Gasteiger partial charge is 0.418 e. The van der Waals surface area contributed by atoms with Crippen molar-refractivity contribution in [3.05, 3.63) is 74.7 Å². The predicted molar refractivity (Wildman–Crippen MR) is 81.8 cm³/mol. The molecule has 3 rings (SSSR count). The molecule has 0 saturated heterocycles. The molecule has 0 aliphatic rings. The van der Waals surface area contributed by atoms with Crippen molar-refractivity contribution in [1.82, 2.24) is 14.1 Å². The summed E-state index contributed by atoms with van der Waals surface area (Å²) in [6.45, 7) is 0.0497. The molecule has 0 aliphatic carbocycles. The summed E-state index contributed by atoms with van der Waals surface area (Å²) < 4.78 is 41.5. The first-order valence-corrected chi connectivity index (χ1v) is 6.98. The van der Waals surface area contributed by atoms with E-state index in [9.17, 15) is 22.8 Å². The molecule has 0 aliphatic heterocycles. The van der Waals surface area contributed by atoms with Crippen molar-refractivity contribution in [3.8, 4) is 0 Å². The number of hydrogen-bond acceptors (Lipinski definition) is 3. The standard InChI is InChI=1S/C16H12F3N3O2/c1-21-6-5-10(7-13(21)23)8-22-9-20-14-11(15(22)24)3-2-4-12(14)16(17,18)19/h2-7,9H,8H2,1H3. The summed E-state index contributed by atoms with van der Waals surface area (Å²) in [4.78, 5) is 27.9. The van der Waals surface area contributed by atoms with Gasteiger partial charge in [-0.25, -0.2) is 4.98 Å². The van der Waals surface area contributed by atoms with E-state index in [1.54, 1.807) is 19.3 Å². The lowest BCUT2D eigenvalue weighted by Gasteiger charge is -2.11. The molecule has 0 unspecified atom stereocenters. The van der Waals surface area contributed by atoms with Gasteiger partial charge in [0.25, 0.3) is 11.1 Å². The van der Waals surface area contributed by atoms with E-state index in [1.807, 2.05) is 0 Å². The Morgan fingerprint density at radius 2 is 1.92 bits per heavy atom. The van der Waals surface area contributed by atoms with Crippen molar-refractivity contribution in [1.29, 1.82) is 0 Å². The maximum Gasteiger partial charge on any atom is 0.418 e. The van der Waals surface area contributed by atoms with E-state index in [2.05, 4.69) is 4.98 Å². The average molecular weight is 335 g/mol. The lowest BCUT2D eigenvalue weighted by molar-refractivity contribution is -0.136. The maximum absolute atomic E-state index is 13.0. The summed E-state index contributed by atoms with van der Waals surface area (Å²) >= 11 is 0.